The maximum atomic E-state index is 11.2. The molecule has 25 heavy (non-hydrogen) atoms. The summed E-state index contributed by atoms with van der Waals surface area (Å²) in [6.07, 6.45) is 3.39. The number of carbonyl (C=O) groups excluding carboxylic acids is 1. The fourth-order valence-corrected chi connectivity index (χ4v) is 2.84. The Labute approximate surface area is 149 Å². The lowest BCUT2D eigenvalue weighted by atomic mass is 10.1. The molecule has 3 heterocycles. The molecule has 0 aliphatic rings. The van der Waals surface area contributed by atoms with E-state index in [0.717, 1.165) is 22.6 Å². The van der Waals surface area contributed by atoms with E-state index in [4.69, 9.17) is 16.3 Å². The van der Waals surface area contributed by atoms with Crippen molar-refractivity contribution in [1.82, 2.24) is 24.5 Å². The van der Waals surface area contributed by atoms with Gasteiger partial charge in [0.1, 0.15) is 11.3 Å². The first-order chi connectivity index (χ1) is 11.9. The third-order valence-electron chi connectivity index (χ3n) is 3.78. The fourth-order valence-electron chi connectivity index (χ4n) is 2.63. The molecule has 1 amide bonds. The smallest absolute Gasteiger partial charge is 0.232 e. The first-order valence-electron chi connectivity index (χ1n) is 7.55. The number of halogens is 1. The average Bonchev–Trinajstić information content (AvgIpc) is 2.93. The van der Waals surface area contributed by atoms with Crippen molar-refractivity contribution in [2.24, 2.45) is 0 Å². The average molecular weight is 361 g/mol. The van der Waals surface area contributed by atoms with E-state index in [-0.39, 0.29) is 17.0 Å². The minimum absolute atomic E-state index is 0.137. The maximum Gasteiger partial charge on any atom is 0.232 e. The van der Waals surface area contributed by atoms with Gasteiger partial charge in [0, 0.05) is 24.2 Å². The van der Waals surface area contributed by atoms with Crippen LogP contribution in [0.2, 0.25) is 5.15 Å². The molecule has 0 unspecified atom stereocenters. The van der Waals surface area contributed by atoms with Crippen LogP contribution in [0.1, 0.15) is 23.7 Å². The Morgan fingerprint density at radius 3 is 2.76 bits per heavy atom. The summed E-state index contributed by atoms with van der Waals surface area (Å²) in [6.45, 7) is 5.72. The van der Waals surface area contributed by atoms with Gasteiger partial charge >= 0.3 is 0 Å². The summed E-state index contributed by atoms with van der Waals surface area (Å²) in [5.41, 5.74) is 3.73. The Morgan fingerprint density at radius 2 is 2.08 bits per heavy atom. The number of ether oxygens (including phenoxy) is 1. The largest absolute Gasteiger partial charge is 0.496 e. The number of aromatic nitrogens is 5. The highest BCUT2D eigenvalue weighted by Gasteiger charge is 2.15. The quantitative estimate of drug-likeness (QED) is 0.718. The molecule has 0 bridgehead atoms. The molecule has 1 N–H and O–H groups in total. The highest BCUT2D eigenvalue weighted by molar-refractivity contribution is 6.33. The van der Waals surface area contributed by atoms with E-state index in [1.807, 2.05) is 13.8 Å². The molecule has 0 spiro atoms. The molecule has 0 saturated heterocycles. The second-order valence-electron chi connectivity index (χ2n) is 5.61. The van der Waals surface area contributed by atoms with Crippen LogP contribution in [0.3, 0.4) is 0 Å². The Hall–Kier alpha value is -2.74. The van der Waals surface area contributed by atoms with E-state index in [1.165, 1.54) is 6.92 Å². The lowest BCUT2D eigenvalue weighted by Gasteiger charge is -2.13. The molecule has 130 valence electrons. The van der Waals surface area contributed by atoms with Crippen molar-refractivity contribution in [3.8, 4) is 5.75 Å². The predicted molar refractivity (Wildman–Crippen MR) is 94.0 cm³/mol. The van der Waals surface area contributed by atoms with Crippen LogP contribution >= 0.6 is 11.6 Å². The van der Waals surface area contributed by atoms with Gasteiger partial charge in [-0.3, -0.25) is 15.1 Å². The SMILES string of the molecule is COc1c(C)cnc(Cn2cnc3c(Cl)nc(NC(C)=O)nc32)c1C. The van der Waals surface area contributed by atoms with Crippen LogP contribution in [0.25, 0.3) is 11.2 Å². The third kappa shape index (κ3) is 3.25. The zero-order valence-corrected chi connectivity index (χ0v) is 15.0. The maximum absolute atomic E-state index is 11.2. The van der Waals surface area contributed by atoms with E-state index in [9.17, 15) is 4.79 Å². The fraction of sp³-hybridized carbons (Fsp3) is 0.312. The van der Waals surface area contributed by atoms with Crippen LogP contribution in [0.4, 0.5) is 5.95 Å². The molecule has 3 aromatic rings. The lowest BCUT2D eigenvalue weighted by Crippen LogP contribution is -2.11. The summed E-state index contributed by atoms with van der Waals surface area (Å²) < 4.78 is 7.25. The normalized spacial score (nSPS) is 10.9. The van der Waals surface area contributed by atoms with Gasteiger partial charge in [-0.15, -0.1) is 0 Å². The number of rotatable bonds is 4. The standard InChI is InChI=1S/C16H17ClN6O2/c1-8-5-18-11(9(2)13(8)25-4)6-23-7-19-12-14(17)21-16(20-10(3)24)22-15(12)23/h5,7H,6H2,1-4H3,(H,20,21,22,24). The van der Waals surface area contributed by atoms with E-state index in [1.54, 1.807) is 24.2 Å². The minimum Gasteiger partial charge on any atom is -0.496 e. The second-order valence-corrected chi connectivity index (χ2v) is 5.97. The topological polar surface area (TPSA) is 94.8 Å². The molecule has 0 aliphatic carbocycles. The third-order valence-corrected chi connectivity index (χ3v) is 4.04. The first-order valence-corrected chi connectivity index (χ1v) is 7.93. The summed E-state index contributed by atoms with van der Waals surface area (Å²) in [7, 11) is 1.64. The van der Waals surface area contributed by atoms with Gasteiger partial charge in [0.2, 0.25) is 11.9 Å². The summed E-state index contributed by atoms with van der Waals surface area (Å²) in [6, 6.07) is 0. The van der Waals surface area contributed by atoms with Crippen molar-refractivity contribution in [1.29, 1.82) is 0 Å². The van der Waals surface area contributed by atoms with Crippen LogP contribution < -0.4 is 10.1 Å². The summed E-state index contributed by atoms with van der Waals surface area (Å²) in [5.74, 6) is 0.668. The van der Waals surface area contributed by atoms with Gasteiger partial charge in [0.25, 0.3) is 0 Å². The molecule has 0 radical (unpaired) electrons. The molecular formula is C16H17ClN6O2. The van der Waals surface area contributed by atoms with Crippen LogP contribution in [0.5, 0.6) is 5.75 Å². The van der Waals surface area contributed by atoms with Crippen LogP contribution in [-0.4, -0.2) is 37.5 Å². The van der Waals surface area contributed by atoms with E-state index in [0.29, 0.717) is 17.7 Å². The molecule has 3 rings (SSSR count). The number of anilines is 1. The van der Waals surface area contributed by atoms with Crippen molar-refractivity contribution >= 4 is 34.6 Å². The van der Waals surface area contributed by atoms with E-state index < -0.39 is 0 Å². The molecular weight excluding hydrogens is 344 g/mol. The number of methoxy groups -OCH3 is 1. The highest BCUT2D eigenvalue weighted by Crippen LogP contribution is 2.26. The van der Waals surface area contributed by atoms with Crippen molar-refractivity contribution < 1.29 is 9.53 Å². The number of pyridine rings is 1. The second kappa shape index (κ2) is 6.64. The van der Waals surface area contributed by atoms with Gasteiger partial charge in [-0.25, -0.2) is 4.98 Å². The number of carbonyl (C=O) groups is 1. The summed E-state index contributed by atoms with van der Waals surface area (Å²) in [4.78, 5) is 28.4. The Bertz CT molecular complexity index is 969. The molecule has 0 fully saturated rings. The molecule has 0 saturated carbocycles. The summed E-state index contributed by atoms with van der Waals surface area (Å²) in [5, 5.41) is 2.71. The number of fused-ring (bicyclic) bond motifs is 1. The van der Waals surface area contributed by atoms with Crippen molar-refractivity contribution in [2.45, 2.75) is 27.3 Å². The minimum atomic E-state index is -0.276. The number of amides is 1. The number of nitrogens with zero attached hydrogens (tertiary/aromatic N) is 5. The van der Waals surface area contributed by atoms with Gasteiger partial charge in [-0.1, -0.05) is 11.6 Å². The number of aryl methyl sites for hydroxylation is 1. The zero-order valence-electron chi connectivity index (χ0n) is 14.3. The van der Waals surface area contributed by atoms with Gasteiger partial charge in [0.05, 0.1) is 25.7 Å². The molecule has 3 aromatic heterocycles. The number of imidazole rings is 1. The molecule has 8 nitrogen and oxygen atoms in total. The summed E-state index contributed by atoms with van der Waals surface area (Å²) >= 11 is 6.15. The lowest BCUT2D eigenvalue weighted by molar-refractivity contribution is -0.114. The molecule has 9 heteroatoms. The first kappa shape index (κ1) is 17.1. The predicted octanol–water partition coefficient (Wildman–Crippen LogP) is 2.51. The Balaban J connectivity index is 2.05. The molecule has 0 aromatic carbocycles. The van der Waals surface area contributed by atoms with Gasteiger partial charge < -0.3 is 9.30 Å². The van der Waals surface area contributed by atoms with Crippen LogP contribution in [0, 0.1) is 13.8 Å². The Morgan fingerprint density at radius 1 is 1.32 bits per heavy atom. The number of nitrogens with one attached hydrogen (secondary N) is 1. The van der Waals surface area contributed by atoms with Gasteiger partial charge in [-0.05, 0) is 13.8 Å². The van der Waals surface area contributed by atoms with Crippen molar-refractivity contribution in [2.75, 3.05) is 12.4 Å². The zero-order chi connectivity index (χ0) is 18.1. The monoisotopic (exact) mass is 360 g/mol. The van der Waals surface area contributed by atoms with Gasteiger partial charge in [0.15, 0.2) is 10.8 Å². The van der Waals surface area contributed by atoms with E-state index >= 15 is 0 Å². The van der Waals surface area contributed by atoms with Crippen molar-refractivity contribution in [3.63, 3.8) is 0 Å². The van der Waals surface area contributed by atoms with Gasteiger partial charge in [-0.2, -0.15) is 9.97 Å². The molecule has 0 atom stereocenters. The molecule has 0 aliphatic heterocycles. The highest BCUT2D eigenvalue weighted by atomic mass is 35.5. The van der Waals surface area contributed by atoms with Crippen LogP contribution in [0.15, 0.2) is 12.5 Å². The van der Waals surface area contributed by atoms with Crippen molar-refractivity contribution in [3.05, 3.63) is 34.5 Å². The number of hydrogen-bond acceptors (Lipinski definition) is 6. The Kier molecular flexibility index (Phi) is 4.54. The van der Waals surface area contributed by atoms with E-state index in [2.05, 4.69) is 25.3 Å². The number of hydrogen-bond donors (Lipinski definition) is 1. The van der Waals surface area contributed by atoms with Crippen LogP contribution in [-0.2, 0) is 11.3 Å².